The van der Waals surface area contributed by atoms with Gasteiger partial charge in [0.2, 0.25) is 11.2 Å². The van der Waals surface area contributed by atoms with Crippen LogP contribution >= 0.6 is 11.8 Å². The predicted molar refractivity (Wildman–Crippen MR) is 130 cm³/mol. The van der Waals surface area contributed by atoms with Gasteiger partial charge in [0.25, 0.3) is 0 Å². The molecule has 0 saturated heterocycles. The third kappa shape index (κ3) is 6.24. The van der Waals surface area contributed by atoms with Crippen molar-refractivity contribution in [1.82, 2.24) is 0 Å². The van der Waals surface area contributed by atoms with Crippen LogP contribution in [0.25, 0.3) is 28.2 Å². The Morgan fingerprint density at radius 1 is 0.917 bits per heavy atom. The molecule has 0 spiro atoms. The second kappa shape index (κ2) is 11.4. The van der Waals surface area contributed by atoms with E-state index in [4.69, 9.17) is 18.6 Å². The zero-order chi connectivity index (χ0) is 25.7. The number of anilines is 1. The maximum Gasteiger partial charge on any atom is 0.213 e. The van der Waals surface area contributed by atoms with Crippen LogP contribution in [0.5, 0.6) is 0 Å². The first kappa shape index (κ1) is 26.1. The van der Waals surface area contributed by atoms with E-state index in [1.165, 1.54) is 43.3 Å². The quantitative estimate of drug-likeness (QED) is 0.385. The van der Waals surface area contributed by atoms with Crippen LogP contribution in [0.4, 0.5) is 5.69 Å². The molecule has 0 aliphatic carbocycles. The number of para-hydroxylation sites is 2. The zero-order valence-electron chi connectivity index (χ0n) is 19.5. The van der Waals surface area contributed by atoms with Gasteiger partial charge in [0.05, 0.1) is 16.1 Å². The number of benzene rings is 3. The molecule has 1 aromatic heterocycles. The van der Waals surface area contributed by atoms with Gasteiger partial charge in [-0.3, -0.25) is 0 Å². The van der Waals surface area contributed by atoms with Gasteiger partial charge in [0, 0.05) is 35.7 Å². The van der Waals surface area contributed by atoms with Crippen LogP contribution in [-0.4, -0.2) is 18.3 Å². The molecule has 0 fully saturated rings. The molecule has 3 aromatic carbocycles. The van der Waals surface area contributed by atoms with Crippen molar-refractivity contribution in [1.29, 1.82) is 0 Å². The Labute approximate surface area is 215 Å². The topological polar surface area (TPSA) is 120 Å². The second-order valence-corrected chi connectivity index (χ2v) is 9.90. The number of rotatable bonds is 5. The maximum absolute atomic E-state index is 9.43. The predicted octanol–water partition coefficient (Wildman–Crippen LogP) is 0.868. The Hall–Kier alpha value is -2.95. The summed E-state index contributed by atoms with van der Waals surface area (Å²) in [6.45, 7) is 0.995. The number of hydrogen-bond donors (Lipinski definition) is 1. The van der Waals surface area contributed by atoms with Crippen molar-refractivity contribution in [2.45, 2.75) is 11.3 Å². The number of aliphatic hydroxyl groups excluding tert-OH is 1. The molecule has 0 amide bonds. The molecule has 2 heterocycles. The molecule has 0 radical (unpaired) electrons. The van der Waals surface area contributed by atoms with E-state index >= 15 is 0 Å². The number of aliphatic hydroxyl groups is 1. The van der Waals surface area contributed by atoms with Crippen molar-refractivity contribution < 1.29 is 38.6 Å². The van der Waals surface area contributed by atoms with Gasteiger partial charge in [-0.15, -0.1) is 10.2 Å². The Kier molecular flexibility index (Phi) is 8.28. The zero-order valence-corrected chi connectivity index (χ0v) is 21.1. The minimum absolute atomic E-state index is 0.193. The first-order chi connectivity index (χ1) is 17.3. The number of nitrogens with zero attached hydrogens (tertiary/aromatic N) is 2. The number of hydrogen-bond acceptors (Lipinski definition) is 7. The second-order valence-electron chi connectivity index (χ2n) is 8.09. The number of fused-ring (bicyclic) bond motifs is 2. The van der Waals surface area contributed by atoms with E-state index in [0.717, 1.165) is 13.0 Å². The molecule has 0 atom stereocenters. The third-order valence-corrected chi connectivity index (χ3v) is 6.87. The Bertz CT molecular complexity index is 1370. The molecule has 5 rings (SSSR count). The molecular weight excluding hydrogens is 500 g/mol. The van der Waals surface area contributed by atoms with Gasteiger partial charge in [-0.25, -0.2) is 18.6 Å². The Balaban J connectivity index is 0.000000556. The van der Waals surface area contributed by atoms with E-state index in [2.05, 4.69) is 108 Å². The fourth-order valence-electron chi connectivity index (χ4n) is 4.22. The average molecular weight is 525 g/mol. The van der Waals surface area contributed by atoms with Crippen LogP contribution in [-0.2, 0) is 7.05 Å². The molecule has 7 nitrogen and oxygen atoms in total. The monoisotopic (exact) mass is 524 g/mol. The first-order valence-electron chi connectivity index (χ1n) is 11.2. The number of aromatic nitrogens is 1. The highest BCUT2D eigenvalue weighted by molar-refractivity contribution is 8.03. The summed E-state index contributed by atoms with van der Waals surface area (Å²) in [5.74, 6) is 0. The standard InChI is InChI=1S/C27H25N2OS.ClHO4/c1-28-23-13-6-5-12-22(23)21(18-25(28)20-10-3-2-4-11-20)19-27-29(16-9-17-30)24-14-7-8-15-26(24)31-27;2-1(3,4)5/h2-8,10-15,18-19,30H,9,16-17H2,1H3;(H,2,3,4,5)/q+1;/p-1. The van der Waals surface area contributed by atoms with Crippen molar-refractivity contribution in [2.24, 2.45) is 7.05 Å². The minimum atomic E-state index is -4.94. The van der Waals surface area contributed by atoms with Gasteiger partial charge in [-0.1, -0.05) is 54.2 Å². The van der Waals surface area contributed by atoms with Gasteiger partial charge in [-0.2, -0.15) is 4.57 Å². The fourth-order valence-corrected chi connectivity index (χ4v) is 5.36. The highest BCUT2D eigenvalue weighted by atomic mass is 35.7. The minimum Gasteiger partial charge on any atom is -0.396 e. The van der Waals surface area contributed by atoms with Crippen molar-refractivity contribution >= 4 is 34.4 Å². The summed E-state index contributed by atoms with van der Waals surface area (Å²) in [7, 11) is -2.81. The lowest BCUT2D eigenvalue weighted by molar-refractivity contribution is -2.00. The first-order valence-corrected chi connectivity index (χ1v) is 13.3. The summed E-state index contributed by atoms with van der Waals surface area (Å²) in [6, 6.07) is 29.9. The van der Waals surface area contributed by atoms with Crippen molar-refractivity contribution in [3.05, 3.63) is 95.5 Å². The van der Waals surface area contributed by atoms with E-state index in [-0.39, 0.29) is 6.61 Å². The Morgan fingerprint density at radius 2 is 1.56 bits per heavy atom. The van der Waals surface area contributed by atoms with Crippen LogP contribution in [0, 0.1) is 10.2 Å². The smallest absolute Gasteiger partial charge is 0.213 e. The number of thioether (sulfide) groups is 1. The summed E-state index contributed by atoms with van der Waals surface area (Å²) in [6.07, 6.45) is 3.04. The summed E-state index contributed by atoms with van der Waals surface area (Å²) in [5, 5.41) is 11.9. The lowest BCUT2D eigenvalue weighted by Gasteiger charge is -2.20. The molecule has 4 aromatic rings. The van der Waals surface area contributed by atoms with E-state index in [1.807, 2.05) is 0 Å². The largest absolute Gasteiger partial charge is 0.396 e. The van der Waals surface area contributed by atoms with Crippen LogP contribution in [0.2, 0.25) is 0 Å². The molecule has 36 heavy (non-hydrogen) atoms. The molecule has 0 unspecified atom stereocenters. The molecule has 0 bridgehead atoms. The number of halogens is 1. The fraction of sp³-hybridized carbons (Fsp3) is 0.148. The van der Waals surface area contributed by atoms with Gasteiger partial charge in [0.15, 0.2) is 0 Å². The average Bonchev–Trinajstić information content (AvgIpc) is 3.21. The van der Waals surface area contributed by atoms with Crippen molar-refractivity contribution in [2.75, 3.05) is 18.1 Å². The maximum atomic E-state index is 9.43. The molecule has 1 N–H and O–H groups in total. The van der Waals surface area contributed by atoms with Gasteiger partial charge < -0.3 is 10.0 Å². The van der Waals surface area contributed by atoms with E-state index in [9.17, 15) is 5.11 Å². The van der Waals surface area contributed by atoms with Crippen LogP contribution in [0.3, 0.4) is 0 Å². The Morgan fingerprint density at radius 3 is 2.28 bits per heavy atom. The van der Waals surface area contributed by atoms with Crippen LogP contribution < -0.4 is 28.1 Å². The molecular formula is C27H25ClN2O5S. The lowest BCUT2D eigenvalue weighted by atomic mass is 10.0. The summed E-state index contributed by atoms with van der Waals surface area (Å²) >= 11 is 1.80. The van der Waals surface area contributed by atoms with Crippen LogP contribution in [0.1, 0.15) is 12.0 Å². The lowest BCUT2D eigenvalue weighted by Crippen LogP contribution is -2.68. The van der Waals surface area contributed by atoms with Crippen molar-refractivity contribution in [3.8, 4) is 11.3 Å². The highest BCUT2D eigenvalue weighted by Gasteiger charge is 2.25. The summed E-state index contributed by atoms with van der Waals surface area (Å²) < 4.78 is 36.2. The van der Waals surface area contributed by atoms with Crippen molar-refractivity contribution in [3.63, 3.8) is 0 Å². The van der Waals surface area contributed by atoms with E-state index < -0.39 is 10.2 Å². The highest BCUT2D eigenvalue weighted by Crippen LogP contribution is 2.46. The number of pyridine rings is 1. The normalized spacial score (nSPS) is 14.1. The molecule has 186 valence electrons. The molecule has 1 aliphatic heterocycles. The molecule has 9 heteroatoms. The van der Waals surface area contributed by atoms with Gasteiger partial charge in [0.1, 0.15) is 7.05 Å². The van der Waals surface area contributed by atoms with Gasteiger partial charge in [-0.05, 0) is 48.4 Å². The summed E-state index contributed by atoms with van der Waals surface area (Å²) in [4.78, 5) is 3.60. The molecule has 0 saturated carbocycles. The summed E-state index contributed by atoms with van der Waals surface area (Å²) in [5.41, 5.74) is 6.03. The van der Waals surface area contributed by atoms with E-state index in [0.29, 0.717) is 0 Å². The number of aryl methyl sites for hydroxylation is 1. The van der Waals surface area contributed by atoms with E-state index in [1.54, 1.807) is 11.8 Å². The van der Waals surface area contributed by atoms with Gasteiger partial charge >= 0.3 is 0 Å². The third-order valence-electron chi connectivity index (χ3n) is 5.75. The van der Waals surface area contributed by atoms with Crippen LogP contribution in [0.15, 0.2) is 94.9 Å². The molecule has 1 aliphatic rings. The SMILES string of the molecule is C[n+]1c(-c2ccccc2)cc(C=C2Sc3ccccc3N2CCCO)c2ccccc21.[O-][Cl+3]([O-])([O-])[O-].